The number of rotatable bonds is 5. The fourth-order valence-electron chi connectivity index (χ4n) is 8.65. The molecule has 0 saturated heterocycles. The number of aryl methyl sites for hydroxylation is 1. The van der Waals surface area contributed by atoms with Crippen molar-refractivity contribution < 1.29 is 35.4 Å². The SMILES string of the molecule is C[C@@]12CCCC1C1CCC3=CC(=O)C(C(=O)CCc4ccc(F)cc4)C[C@]3(C)C1CC2.[Br-].[CH2-]Cc1ccc(F)cc1.[Mg+2]. The van der Waals surface area contributed by atoms with Gasteiger partial charge >= 0.3 is 23.1 Å². The van der Waals surface area contributed by atoms with Gasteiger partial charge in [0, 0.05) is 6.42 Å². The Bertz CT molecular complexity index is 1260. The Kier molecular flexibility index (Phi) is 12.2. The van der Waals surface area contributed by atoms with Gasteiger partial charge in [0.05, 0.1) is 5.92 Å². The van der Waals surface area contributed by atoms with Gasteiger partial charge in [0.2, 0.25) is 0 Å². The molecule has 3 fully saturated rings. The number of Topliss-reactive ketones (excluding diaryl/α,β-unsaturated/α-hetero) is 1. The average molecular weight is 650 g/mol. The van der Waals surface area contributed by atoms with Crippen molar-refractivity contribution in [2.45, 2.75) is 84.5 Å². The van der Waals surface area contributed by atoms with Gasteiger partial charge in [0.25, 0.3) is 0 Å². The second-order valence-corrected chi connectivity index (χ2v) is 13.2. The normalized spacial score (nSPS) is 31.1. The number of carbonyl (C=O) groups is 2. The number of allylic oxidation sites excluding steroid dienone is 1. The van der Waals surface area contributed by atoms with Gasteiger partial charge in [-0.15, -0.1) is 0 Å². The summed E-state index contributed by atoms with van der Waals surface area (Å²) in [6.45, 7) is 8.54. The zero-order chi connectivity index (χ0) is 28.5. The van der Waals surface area contributed by atoms with E-state index < -0.39 is 5.92 Å². The molecule has 4 unspecified atom stereocenters. The first-order chi connectivity index (χ1) is 19.1. The van der Waals surface area contributed by atoms with E-state index in [1.165, 1.54) is 68.4 Å². The summed E-state index contributed by atoms with van der Waals surface area (Å²) in [7, 11) is 0. The molecule has 0 aromatic heterocycles. The standard InChI is InChI=1S/C28H35FO2.C8H8F.BrH.Mg/c1-27-14-3-4-23(27)21-11-8-19-16-26(31)22(17-28(19,2)24(21)13-15-27)25(30)12-7-18-5-9-20(29)10-6-18;1-2-7-3-5-8(9)6-4-7;;/h5-6,9-10,16,21-24H,3-4,7-8,11-15,17H2,1-2H3;3-6H,1-2H2;1H;/q;-1;;+2/p-1/t21?,22?,23?,24?,27-,28-;;;/m0.../s1. The van der Waals surface area contributed by atoms with E-state index in [1.807, 2.05) is 6.08 Å². The largest absolute Gasteiger partial charge is 2.00 e. The van der Waals surface area contributed by atoms with Crippen molar-refractivity contribution in [2.75, 3.05) is 0 Å². The van der Waals surface area contributed by atoms with Gasteiger partial charge in [-0.3, -0.25) is 9.59 Å². The third kappa shape index (κ3) is 7.29. The molecule has 0 amide bonds. The maximum absolute atomic E-state index is 13.2. The topological polar surface area (TPSA) is 34.1 Å². The number of halogens is 3. The molecule has 0 spiro atoms. The Hall–Kier alpha value is -1.37. The first kappa shape index (κ1) is 35.1. The number of ketones is 2. The number of fused-ring (bicyclic) bond motifs is 5. The molecule has 0 heterocycles. The van der Waals surface area contributed by atoms with Gasteiger partial charge in [-0.05, 0) is 116 Å². The Morgan fingerprint density at radius 3 is 2.14 bits per heavy atom. The second kappa shape index (κ2) is 14.6. The van der Waals surface area contributed by atoms with Gasteiger partial charge in [-0.25, -0.2) is 8.78 Å². The molecule has 0 N–H and O–H groups in total. The summed E-state index contributed by atoms with van der Waals surface area (Å²) in [6.07, 6.45) is 13.1. The van der Waals surface area contributed by atoms with E-state index in [1.54, 1.807) is 24.3 Å². The van der Waals surface area contributed by atoms with E-state index in [-0.39, 0.29) is 68.7 Å². The summed E-state index contributed by atoms with van der Waals surface area (Å²) in [6, 6.07) is 12.7. The van der Waals surface area contributed by atoms with Crippen molar-refractivity contribution in [2.24, 2.45) is 34.5 Å². The van der Waals surface area contributed by atoms with Crippen LogP contribution in [0.1, 0.15) is 82.8 Å². The van der Waals surface area contributed by atoms with Crippen LogP contribution >= 0.6 is 0 Å². The van der Waals surface area contributed by atoms with Gasteiger partial charge in [0.1, 0.15) is 17.4 Å². The van der Waals surface area contributed by atoms with Crippen LogP contribution in [0.25, 0.3) is 0 Å². The minimum absolute atomic E-state index is 0. The van der Waals surface area contributed by atoms with Crippen LogP contribution in [-0.4, -0.2) is 34.6 Å². The molecule has 42 heavy (non-hydrogen) atoms. The van der Waals surface area contributed by atoms with Crippen LogP contribution < -0.4 is 17.0 Å². The van der Waals surface area contributed by atoms with E-state index in [4.69, 9.17) is 0 Å². The van der Waals surface area contributed by atoms with Crippen LogP contribution in [0, 0.1) is 53.1 Å². The summed E-state index contributed by atoms with van der Waals surface area (Å²) in [5, 5.41) is 0. The molecule has 2 nitrogen and oxygen atoms in total. The van der Waals surface area contributed by atoms with Gasteiger partial charge in [0.15, 0.2) is 5.78 Å². The molecule has 3 saturated carbocycles. The predicted molar refractivity (Wildman–Crippen MR) is 161 cm³/mol. The zero-order valence-corrected chi connectivity index (χ0v) is 28.1. The quantitative estimate of drug-likeness (QED) is 0.250. The maximum atomic E-state index is 13.2. The summed E-state index contributed by atoms with van der Waals surface area (Å²) in [5.41, 5.74) is 3.86. The van der Waals surface area contributed by atoms with Gasteiger partial charge in [-0.2, -0.15) is 6.42 Å². The molecule has 2 aromatic rings. The minimum atomic E-state index is -0.496. The average Bonchev–Trinajstić information content (AvgIpc) is 3.35. The fourth-order valence-corrected chi connectivity index (χ4v) is 8.65. The number of hydrogen-bond donors (Lipinski definition) is 0. The Labute approximate surface area is 277 Å². The molecule has 6 atom stereocenters. The summed E-state index contributed by atoms with van der Waals surface area (Å²) in [5.74, 6) is 1.34. The maximum Gasteiger partial charge on any atom is 2.00 e. The molecule has 4 aliphatic carbocycles. The first-order valence-electron chi connectivity index (χ1n) is 15.2. The van der Waals surface area contributed by atoms with Crippen LogP contribution in [0.2, 0.25) is 0 Å². The predicted octanol–water partition coefficient (Wildman–Crippen LogP) is 5.30. The Morgan fingerprint density at radius 1 is 0.905 bits per heavy atom. The molecular formula is C36H43BrF2MgO2. The van der Waals surface area contributed by atoms with E-state index in [0.717, 1.165) is 35.8 Å². The monoisotopic (exact) mass is 648 g/mol. The molecule has 6 rings (SSSR count). The molecule has 2 aromatic carbocycles. The van der Waals surface area contributed by atoms with E-state index in [2.05, 4.69) is 20.8 Å². The minimum Gasteiger partial charge on any atom is -1.00 e. The van der Waals surface area contributed by atoms with E-state index >= 15 is 0 Å². The fraction of sp³-hybridized carbons (Fsp3) is 0.528. The molecular weight excluding hydrogens is 607 g/mol. The number of carbonyl (C=O) groups excluding carboxylic acids is 2. The smallest absolute Gasteiger partial charge is 1.00 e. The Morgan fingerprint density at radius 2 is 1.52 bits per heavy atom. The Balaban J connectivity index is 0.000000380. The number of hydrogen-bond acceptors (Lipinski definition) is 2. The van der Waals surface area contributed by atoms with Crippen LogP contribution in [0.5, 0.6) is 0 Å². The molecule has 0 aliphatic heterocycles. The third-order valence-electron chi connectivity index (χ3n) is 11.0. The van der Waals surface area contributed by atoms with Crippen molar-refractivity contribution in [3.8, 4) is 0 Å². The second-order valence-electron chi connectivity index (χ2n) is 13.2. The third-order valence-corrected chi connectivity index (χ3v) is 11.0. The summed E-state index contributed by atoms with van der Waals surface area (Å²) < 4.78 is 25.4. The first-order valence-corrected chi connectivity index (χ1v) is 15.2. The molecule has 0 bridgehead atoms. The van der Waals surface area contributed by atoms with Crippen molar-refractivity contribution in [3.63, 3.8) is 0 Å². The van der Waals surface area contributed by atoms with Crippen molar-refractivity contribution in [3.05, 3.63) is 89.9 Å². The van der Waals surface area contributed by atoms with Crippen molar-refractivity contribution in [1.29, 1.82) is 0 Å². The number of benzene rings is 2. The van der Waals surface area contributed by atoms with Gasteiger partial charge < -0.3 is 23.9 Å². The summed E-state index contributed by atoms with van der Waals surface area (Å²) in [4.78, 5) is 26.1. The summed E-state index contributed by atoms with van der Waals surface area (Å²) >= 11 is 0. The van der Waals surface area contributed by atoms with Crippen LogP contribution in [-0.2, 0) is 22.4 Å². The molecule has 222 valence electrons. The molecule has 0 radical (unpaired) electrons. The molecule has 6 heteroatoms. The molecule has 4 aliphatic rings. The zero-order valence-electron chi connectivity index (χ0n) is 25.1. The van der Waals surface area contributed by atoms with Crippen molar-refractivity contribution >= 4 is 34.6 Å². The van der Waals surface area contributed by atoms with Crippen LogP contribution in [0.15, 0.2) is 60.2 Å². The van der Waals surface area contributed by atoms with Gasteiger partial charge in [-0.1, -0.05) is 55.7 Å². The van der Waals surface area contributed by atoms with Crippen molar-refractivity contribution in [1.82, 2.24) is 0 Å². The van der Waals surface area contributed by atoms with E-state index in [0.29, 0.717) is 30.6 Å². The van der Waals surface area contributed by atoms with Crippen LogP contribution in [0.4, 0.5) is 8.78 Å². The van der Waals surface area contributed by atoms with E-state index in [9.17, 15) is 18.4 Å². The van der Waals surface area contributed by atoms with Crippen LogP contribution in [0.3, 0.4) is 0 Å².